The summed E-state index contributed by atoms with van der Waals surface area (Å²) in [6.45, 7) is 2.12. The predicted octanol–water partition coefficient (Wildman–Crippen LogP) is 4.78. The minimum Gasteiger partial charge on any atom is -0.493 e. The summed E-state index contributed by atoms with van der Waals surface area (Å²) in [5, 5.41) is 7.52. The fraction of sp³-hybridized carbons (Fsp3) is 0.364. The molecule has 158 valence electrons. The van der Waals surface area contributed by atoms with Gasteiger partial charge in [-0.3, -0.25) is 15.0 Å². The molecule has 1 unspecified atom stereocenters. The molecule has 0 spiro atoms. The highest BCUT2D eigenvalue weighted by atomic mass is 19.4. The molecule has 30 heavy (non-hydrogen) atoms. The summed E-state index contributed by atoms with van der Waals surface area (Å²) in [4.78, 5) is 6.58. The smallest absolute Gasteiger partial charge is 0.416 e. The van der Waals surface area contributed by atoms with E-state index in [-0.39, 0.29) is 18.4 Å². The highest BCUT2D eigenvalue weighted by Gasteiger charge is 2.30. The number of nitrogens with zero attached hydrogens (tertiary/aromatic N) is 3. The Balaban J connectivity index is 1.33. The van der Waals surface area contributed by atoms with Gasteiger partial charge in [0.15, 0.2) is 0 Å². The van der Waals surface area contributed by atoms with E-state index in [1.807, 2.05) is 18.3 Å². The van der Waals surface area contributed by atoms with Gasteiger partial charge in [-0.15, -0.1) is 0 Å². The number of ether oxygens (including phenoxy) is 1. The molecule has 5 nitrogen and oxygen atoms in total. The van der Waals surface area contributed by atoms with Gasteiger partial charge in [0.2, 0.25) is 0 Å². The monoisotopic (exact) mass is 416 g/mol. The van der Waals surface area contributed by atoms with E-state index >= 15 is 0 Å². The van der Waals surface area contributed by atoms with E-state index in [2.05, 4.69) is 26.1 Å². The quantitative estimate of drug-likeness (QED) is 0.602. The van der Waals surface area contributed by atoms with Crippen molar-refractivity contribution in [1.29, 1.82) is 0 Å². The molecule has 1 atom stereocenters. The fourth-order valence-corrected chi connectivity index (χ4v) is 3.80. The maximum atomic E-state index is 12.8. The van der Waals surface area contributed by atoms with E-state index in [9.17, 15) is 13.2 Å². The Morgan fingerprint density at radius 2 is 2.07 bits per heavy atom. The molecule has 3 heterocycles. The standard InChI is InChI=1S/C22H23F3N4O/c23-22(24,25)17-5-1-6-19(12-17)30-11-8-18-13-20(28-27-18)21-7-3-10-29(21)15-16-4-2-9-26-14-16/h1-2,4-6,9,12-14,21H,3,7-8,10-11,15H2,(H,27,28). The second-order valence-electron chi connectivity index (χ2n) is 7.43. The summed E-state index contributed by atoms with van der Waals surface area (Å²) in [6.07, 6.45) is 1.99. The van der Waals surface area contributed by atoms with Crippen molar-refractivity contribution < 1.29 is 17.9 Å². The third-order valence-electron chi connectivity index (χ3n) is 5.27. The van der Waals surface area contributed by atoms with Crippen LogP contribution in [0.1, 0.15) is 41.4 Å². The van der Waals surface area contributed by atoms with Crippen LogP contribution in [0.5, 0.6) is 5.75 Å². The molecule has 0 radical (unpaired) electrons. The van der Waals surface area contributed by atoms with Crippen LogP contribution in [0.3, 0.4) is 0 Å². The summed E-state index contributed by atoms with van der Waals surface area (Å²) >= 11 is 0. The summed E-state index contributed by atoms with van der Waals surface area (Å²) in [7, 11) is 0. The van der Waals surface area contributed by atoms with E-state index in [1.54, 1.807) is 6.20 Å². The van der Waals surface area contributed by atoms with Gasteiger partial charge in [0, 0.05) is 31.1 Å². The van der Waals surface area contributed by atoms with E-state index < -0.39 is 11.7 Å². The van der Waals surface area contributed by atoms with E-state index in [0.717, 1.165) is 49.5 Å². The molecular weight excluding hydrogens is 393 g/mol. The second kappa shape index (κ2) is 8.87. The van der Waals surface area contributed by atoms with Crippen LogP contribution < -0.4 is 4.74 Å². The van der Waals surface area contributed by atoms with Crippen molar-refractivity contribution in [1.82, 2.24) is 20.1 Å². The lowest BCUT2D eigenvalue weighted by atomic mass is 10.1. The molecule has 8 heteroatoms. The molecule has 4 rings (SSSR count). The van der Waals surface area contributed by atoms with Crippen molar-refractivity contribution in [3.05, 3.63) is 77.4 Å². The molecule has 0 aliphatic carbocycles. The zero-order valence-corrected chi connectivity index (χ0v) is 16.4. The third kappa shape index (κ3) is 4.99. The van der Waals surface area contributed by atoms with Crippen LogP contribution in [0.2, 0.25) is 0 Å². The first-order valence-electron chi connectivity index (χ1n) is 9.96. The van der Waals surface area contributed by atoms with Crippen LogP contribution >= 0.6 is 0 Å². The molecule has 2 aromatic heterocycles. The molecular formula is C22H23F3N4O. The highest BCUT2D eigenvalue weighted by molar-refractivity contribution is 5.30. The molecule has 1 saturated heterocycles. The zero-order valence-electron chi connectivity index (χ0n) is 16.4. The number of pyridine rings is 1. The van der Waals surface area contributed by atoms with Crippen LogP contribution in [0.4, 0.5) is 13.2 Å². The molecule has 1 aromatic carbocycles. The highest BCUT2D eigenvalue weighted by Crippen LogP contribution is 2.33. The maximum absolute atomic E-state index is 12.8. The SMILES string of the molecule is FC(F)(F)c1cccc(OCCc2cc(C3CCCN3Cc3cccnc3)n[nH]2)c1. The summed E-state index contributed by atoms with van der Waals surface area (Å²) in [5.74, 6) is 0.211. The summed E-state index contributed by atoms with van der Waals surface area (Å²) in [6, 6.07) is 11.2. The molecule has 0 amide bonds. The van der Waals surface area contributed by atoms with Crippen LogP contribution in [-0.2, 0) is 19.1 Å². The van der Waals surface area contributed by atoms with Gasteiger partial charge in [-0.2, -0.15) is 18.3 Å². The molecule has 0 saturated carbocycles. The maximum Gasteiger partial charge on any atom is 0.416 e. The fourth-order valence-electron chi connectivity index (χ4n) is 3.80. The summed E-state index contributed by atoms with van der Waals surface area (Å²) < 4.78 is 43.9. The molecule has 0 bridgehead atoms. The Morgan fingerprint density at radius 1 is 1.17 bits per heavy atom. The number of halogens is 3. The molecule has 1 aliphatic rings. The first kappa shape index (κ1) is 20.4. The minimum atomic E-state index is -4.37. The zero-order chi connectivity index (χ0) is 21.0. The first-order valence-corrected chi connectivity index (χ1v) is 9.96. The lowest BCUT2D eigenvalue weighted by Gasteiger charge is -2.22. The molecule has 1 fully saturated rings. The van der Waals surface area contributed by atoms with Crippen LogP contribution in [0.25, 0.3) is 0 Å². The summed E-state index contributed by atoms with van der Waals surface area (Å²) in [5.41, 5.74) is 2.36. The number of nitrogens with one attached hydrogen (secondary N) is 1. The Hall–Kier alpha value is -2.87. The van der Waals surface area contributed by atoms with Gasteiger partial charge in [0.25, 0.3) is 0 Å². The van der Waals surface area contributed by atoms with Gasteiger partial charge in [-0.05, 0) is 55.3 Å². The van der Waals surface area contributed by atoms with Gasteiger partial charge in [-0.25, -0.2) is 0 Å². The normalized spacial score (nSPS) is 17.4. The Bertz CT molecular complexity index is 958. The minimum absolute atomic E-state index is 0.211. The van der Waals surface area contributed by atoms with Gasteiger partial charge >= 0.3 is 6.18 Å². The topological polar surface area (TPSA) is 54.0 Å². The second-order valence-corrected chi connectivity index (χ2v) is 7.43. The third-order valence-corrected chi connectivity index (χ3v) is 5.27. The average Bonchev–Trinajstić information content (AvgIpc) is 3.38. The first-order chi connectivity index (χ1) is 14.5. The van der Waals surface area contributed by atoms with Crippen molar-refractivity contribution in [2.45, 2.75) is 38.0 Å². The number of hydrogen-bond acceptors (Lipinski definition) is 4. The van der Waals surface area contributed by atoms with E-state index in [4.69, 9.17) is 4.74 Å². The Morgan fingerprint density at radius 3 is 2.87 bits per heavy atom. The van der Waals surface area contributed by atoms with Crippen molar-refractivity contribution in [2.24, 2.45) is 0 Å². The van der Waals surface area contributed by atoms with Gasteiger partial charge in [-0.1, -0.05) is 12.1 Å². The Labute approximate surface area is 172 Å². The largest absolute Gasteiger partial charge is 0.493 e. The van der Waals surface area contributed by atoms with Gasteiger partial charge in [0.05, 0.1) is 23.9 Å². The van der Waals surface area contributed by atoms with Crippen LogP contribution in [0, 0.1) is 0 Å². The number of likely N-dealkylation sites (tertiary alicyclic amines) is 1. The van der Waals surface area contributed by atoms with Crippen molar-refractivity contribution in [3.63, 3.8) is 0 Å². The van der Waals surface area contributed by atoms with Crippen LogP contribution in [-0.4, -0.2) is 33.2 Å². The van der Waals surface area contributed by atoms with Gasteiger partial charge in [0.1, 0.15) is 5.75 Å². The Kier molecular flexibility index (Phi) is 6.03. The van der Waals surface area contributed by atoms with Gasteiger partial charge < -0.3 is 4.74 Å². The van der Waals surface area contributed by atoms with E-state index in [1.165, 1.54) is 17.7 Å². The predicted molar refractivity (Wildman–Crippen MR) is 106 cm³/mol. The van der Waals surface area contributed by atoms with Crippen molar-refractivity contribution in [2.75, 3.05) is 13.2 Å². The lowest BCUT2D eigenvalue weighted by Crippen LogP contribution is -2.23. The molecule has 3 aromatic rings. The number of aromatic amines is 1. The molecule has 1 N–H and O–H groups in total. The van der Waals surface area contributed by atoms with Crippen LogP contribution in [0.15, 0.2) is 54.9 Å². The van der Waals surface area contributed by atoms with Crippen molar-refractivity contribution >= 4 is 0 Å². The number of aromatic nitrogens is 3. The number of benzene rings is 1. The number of rotatable bonds is 7. The van der Waals surface area contributed by atoms with E-state index in [0.29, 0.717) is 6.42 Å². The lowest BCUT2D eigenvalue weighted by molar-refractivity contribution is -0.137. The number of H-pyrrole nitrogens is 1. The molecule has 1 aliphatic heterocycles. The number of alkyl halides is 3. The van der Waals surface area contributed by atoms with Crippen molar-refractivity contribution in [3.8, 4) is 5.75 Å². The number of hydrogen-bond donors (Lipinski definition) is 1. The average molecular weight is 416 g/mol.